The Balaban J connectivity index is 1.43. The highest BCUT2D eigenvalue weighted by Gasteiger charge is 2.28. The van der Waals surface area contributed by atoms with Gasteiger partial charge in [-0.05, 0) is 143 Å². The fourth-order valence-corrected chi connectivity index (χ4v) is 6.08. The fraction of sp³-hybridized carbons (Fsp3) is 0.511. The van der Waals surface area contributed by atoms with Crippen molar-refractivity contribution in [2.45, 2.75) is 125 Å². The molecule has 4 rings (SSSR count). The van der Waals surface area contributed by atoms with E-state index in [1.54, 1.807) is 130 Å². The number of carbonyl (C=O) groups excluding carboxylic acids is 5. The zero-order valence-corrected chi connectivity index (χ0v) is 38.6. The van der Waals surface area contributed by atoms with Crippen molar-refractivity contribution in [2.24, 2.45) is 9.98 Å². The van der Waals surface area contributed by atoms with Gasteiger partial charge in [-0.25, -0.2) is 23.6 Å². The summed E-state index contributed by atoms with van der Waals surface area (Å²) in [4.78, 5) is 79.5. The number of aliphatic imine (C=N–C) groups is 2. The van der Waals surface area contributed by atoms with Crippen molar-refractivity contribution in [3.63, 3.8) is 0 Å². The molecule has 1 aromatic heterocycles. The lowest BCUT2D eigenvalue weighted by Gasteiger charge is -2.30. The number of nitrogens with one attached hydrogen (secondary N) is 3. The first-order chi connectivity index (χ1) is 29.0. The molecule has 63 heavy (non-hydrogen) atoms. The van der Waals surface area contributed by atoms with Crippen molar-refractivity contribution in [1.29, 1.82) is 0 Å². The van der Waals surface area contributed by atoms with E-state index in [9.17, 15) is 24.0 Å². The van der Waals surface area contributed by atoms with Gasteiger partial charge in [0.25, 0.3) is 5.91 Å². The number of nitrogens with zero attached hydrogens (tertiary/aromatic N) is 5. The molecular formula is C45H61FN8O9. The van der Waals surface area contributed by atoms with Gasteiger partial charge in [0.15, 0.2) is 0 Å². The van der Waals surface area contributed by atoms with E-state index < -0.39 is 58.5 Å². The molecule has 0 saturated carbocycles. The maximum absolute atomic E-state index is 15.7. The van der Waals surface area contributed by atoms with Gasteiger partial charge < -0.3 is 34.1 Å². The van der Waals surface area contributed by atoms with E-state index in [2.05, 4.69) is 30.9 Å². The van der Waals surface area contributed by atoms with Gasteiger partial charge in [0, 0.05) is 43.6 Å². The molecule has 1 aromatic carbocycles. The van der Waals surface area contributed by atoms with E-state index in [1.807, 2.05) is 6.08 Å². The number of carbonyl (C=O) groups is 5. The van der Waals surface area contributed by atoms with Crippen molar-refractivity contribution in [2.75, 3.05) is 31.5 Å². The molecule has 3 heterocycles. The first-order valence-electron chi connectivity index (χ1n) is 20.6. The monoisotopic (exact) mass is 876 g/mol. The Morgan fingerprint density at radius 2 is 1.13 bits per heavy atom. The maximum Gasteiger partial charge on any atom is 0.437 e. The van der Waals surface area contributed by atoms with Crippen LogP contribution >= 0.6 is 0 Å². The summed E-state index contributed by atoms with van der Waals surface area (Å²) >= 11 is 0. The van der Waals surface area contributed by atoms with Gasteiger partial charge >= 0.3 is 24.4 Å². The van der Waals surface area contributed by atoms with Crippen LogP contribution in [0.3, 0.4) is 0 Å². The van der Waals surface area contributed by atoms with Gasteiger partial charge in [0.05, 0.1) is 0 Å². The van der Waals surface area contributed by atoms with Crippen molar-refractivity contribution in [1.82, 2.24) is 25.4 Å². The molecule has 3 N–H and O–H groups in total. The van der Waals surface area contributed by atoms with Crippen LogP contribution in [-0.2, 0) is 18.9 Å². The molecule has 0 atom stereocenters. The predicted molar refractivity (Wildman–Crippen MR) is 238 cm³/mol. The molecule has 2 aliphatic rings. The largest absolute Gasteiger partial charge is 0.444 e. The number of rotatable bonds is 4. The second kappa shape index (κ2) is 19.8. The minimum absolute atomic E-state index is 0.00813. The lowest BCUT2D eigenvalue weighted by Crippen LogP contribution is -2.48. The predicted octanol–water partition coefficient (Wildman–Crippen LogP) is 8.59. The standard InChI is InChI=1S/C45H61FN8O9/c1-27-24-31(29-18-22-54(23-19-29)37(51-40(58)62-44(8,9)10)52-41(59)63-45(11,12)13)32(46)25-34(27)48-35(55)33-15-14-30(26-47-33)28-16-20-53(21-17-28)36(49-38(56)60-42(2,3)4)50-39(57)61-43(5,6)7/h14-16,18,24-26H,17,19-23H2,1-13H3,(H,48,55)(H,49,50,56,57)(H,51,52,58,59). The third-order valence-corrected chi connectivity index (χ3v) is 8.70. The van der Waals surface area contributed by atoms with Crippen molar-refractivity contribution < 1.29 is 47.3 Å². The summed E-state index contributed by atoms with van der Waals surface area (Å²) < 4.78 is 37.1. The third-order valence-electron chi connectivity index (χ3n) is 8.70. The molecule has 0 radical (unpaired) electrons. The molecule has 2 aromatic rings. The van der Waals surface area contributed by atoms with Crippen LogP contribution in [0.5, 0.6) is 0 Å². The van der Waals surface area contributed by atoms with Crippen molar-refractivity contribution >= 4 is 59.0 Å². The van der Waals surface area contributed by atoms with Crippen LogP contribution in [0.1, 0.15) is 123 Å². The number of aryl methyl sites for hydroxylation is 1. The average molecular weight is 877 g/mol. The molecule has 0 aliphatic carbocycles. The fourth-order valence-electron chi connectivity index (χ4n) is 6.08. The molecule has 342 valence electrons. The Morgan fingerprint density at radius 3 is 1.52 bits per heavy atom. The third kappa shape index (κ3) is 16.1. The van der Waals surface area contributed by atoms with Crippen LogP contribution in [-0.4, -0.2) is 106 Å². The van der Waals surface area contributed by atoms with E-state index in [0.717, 1.165) is 11.1 Å². The summed E-state index contributed by atoms with van der Waals surface area (Å²) in [6, 6.07) is 6.26. The number of amides is 5. The number of hydrogen-bond acceptors (Lipinski definition) is 10. The summed E-state index contributed by atoms with van der Waals surface area (Å²) in [6.45, 7) is 23.5. The molecule has 17 nitrogen and oxygen atoms in total. The Bertz CT molecular complexity index is 2190. The highest BCUT2D eigenvalue weighted by Crippen LogP contribution is 2.30. The van der Waals surface area contributed by atoms with Gasteiger partial charge in [0.2, 0.25) is 11.9 Å². The Morgan fingerprint density at radius 1 is 0.667 bits per heavy atom. The minimum Gasteiger partial charge on any atom is -0.444 e. The number of halogens is 1. The summed E-state index contributed by atoms with van der Waals surface area (Å²) in [5, 5.41) is 7.89. The topological polar surface area (TPSA) is 202 Å². The van der Waals surface area contributed by atoms with Gasteiger partial charge in [-0.1, -0.05) is 18.2 Å². The van der Waals surface area contributed by atoms with Crippen LogP contribution in [0.2, 0.25) is 0 Å². The lowest BCUT2D eigenvalue weighted by atomic mass is 9.96. The van der Waals surface area contributed by atoms with Gasteiger partial charge in [-0.2, -0.15) is 0 Å². The molecular weight excluding hydrogens is 816 g/mol. The van der Waals surface area contributed by atoms with E-state index in [0.29, 0.717) is 42.6 Å². The number of benzene rings is 1. The summed E-state index contributed by atoms with van der Waals surface area (Å²) in [7, 11) is 0. The summed E-state index contributed by atoms with van der Waals surface area (Å²) in [5.41, 5.74) is 0.587. The molecule has 5 amide bonds. The Hall–Kier alpha value is -6.33. The minimum atomic E-state index is -0.890. The zero-order valence-electron chi connectivity index (χ0n) is 38.6. The first-order valence-corrected chi connectivity index (χ1v) is 20.6. The van der Waals surface area contributed by atoms with E-state index in [-0.39, 0.29) is 36.4 Å². The lowest BCUT2D eigenvalue weighted by molar-refractivity contribution is 0.0536. The number of alkyl carbamates (subject to hydrolysis) is 2. The number of ether oxygens (including phenoxy) is 4. The molecule has 18 heteroatoms. The molecule has 2 aliphatic heterocycles. The molecule has 0 spiro atoms. The number of anilines is 1. The van der Waals surface area contributed by atoms with Gasteiger partial charge in [0.1, 0.15) is 33.9 Å². The van der Waals surface area contributed by atoms with E-state index >= 15 is 4.39 Å². The number of guanidine groups is 2. The van der Waals surface area contributed by atoms with Crippen LogP contribution in [0, 0.1) is 12.7 Å². The molecule has 0 fully saturated rings. The Labute approximate surface area is 368 Å². The second-order valence-corrected chi connectivity index (χ2v) is 19.0. The van der Waals surface area contributed by atoms with Crippen molar-refractivity contribution in [3.05, 3.63) is 70.8 Å². The van der Waals surface area contributed by atoms with Crippen LogP contribution < -0.4 is 16.0 Å². The number of aromatic nitrogens is 1. The second-order valence-electron chi connectivity index (χ2n) is 19.0. The number of hydrogen-bond donors (Lipinski definition) is 3. The molecule has 0 saturated heterocycles. The van der Waals surface area contributed by atoms with Crippen LogP contribution in [0.15, 0.2) is 52.6 Å². The van der Waals surface area contributed by atoms with Crippen LogP contribution in [0.4, 0.5) is 29.3 Å². The van der Waals surface area contributed by atoms with E-state index in [4.69, 9.17) is 18.9 Å². The smallest absolute Gasteiger partial charge is 0.437 e. The highest BCUT2D eigenvalue weighted by molar-refractivity contribution is 6.04. The number of pyridine rings is 1. The highest BCUT2D eigenvalue weighted by atomic mass is 19.1. The summed E-state index contributed by atoms with van der Waals surface area (Å²) in [5.74, 6) is -1.14. The Kier molecular flexibility index (Phi) is 15.5. The molecule has 0 unspecified atom stereocenters. The van der Waals surface area contributed by atoms with Crippen molar-refractivity contribution in [3.8, 4) is 0 Å². The summed E-state index contributed by atoms with van der Waals surface area (Å²) in [6.07, 6.45) is 2.80. The van der Waals surface area contributed by atoms with Crippen LogP contribution in [0.25, 0.3) is 11.1 Å². The van der Waals surface area contributed by atoms with Gasteiger partial charge in [-0.15, -0.1) is 9.98 Å². The quantitative estimate of drug-likeness (QED) is 0.150. The first kappa shape index (κ1) is 49.3. The normalized spacial score (nSPS) is 15.4. The zero-order chi connectivity index (χ0) is 47.1. The maximum atomic E-state index is 15.7. The molecule has 0 bridgehead atoms. The van der Waals surface area contributed by atoms with Gasteiger partial charge in [-0.3, -0.25) is 20.4 Å². The van der Waals surface area contributed by atoms with E-state index in [1.165, 1.54) is 6.07 Å². The SMILES string of the molecule is Cc1cc(C2=CCN(C(=NC(=O)OC(C)(C)C)NC(=O)OC(C)(C)C)CC2)c(F)cc1NC(=O)c1ccc(C2=CCN(C(=NC(=O)OC(C)(C)C)NC(=O)OC(C)(C)C)CC2)cn1. The average Bonchev–Trinajstić information content (AvgIpc) is 3.13.